The number of carbonyl (C=O) groups excluding carboxylic acids is 2. The maximum atomic E-state index is 12.5. The van der Waals surface area contributed by atoms with E-state index in [0.717, 1.165) is 5.75 Å². The van der Waals surface area contributed by atoms with Crippen molar-refractivity contribution in [1.29, 1.82) is 0 Å². The summed E-state index contributed by atoms with van der Waals surface area (Å²) in [6.45, 7) is 2.51. The molecule has 0 unspecified atom stereocenters. The largest absolute Gasteiger partial charge is 0.497 e. The molecule has 0 fully saturated rings. The zero-order valence-electron chi connectivity index (χ0n) is 18.1. The topological polar surface area (TPSA) is 107 Å². The van der Waals surface area contributed by atoms with E-state index in [1.807, 2.05) is 23.6 Å². The van der Waals surface area contributed by atoms with Crippen LogP contribution < -0.4 is 20.1 Å². The van der Waals surface area contributed by atoms with Gasteiger partial charge in [0, 0.05) is 12.2 Å². The van der Waals surface area contributed by atoms with Gasteiger partial charge < -0.3 is 24.7 Å². The number of benzene rings is 2. The number of aromatic nitrogens is 3. The van der Waals surface area contributed by atoms with Crippen molar-refractivity contribution in [3.8, 4) is 11.5 Å². The fourth-order valence-electron chi connectivity index (χ4n) is 2.96. The zero-order chi connectivity index (χ0) is 22.9. The van der Waals surface area contributed by atoms with Crippen molar-refractivity contribution >= 4 is 35.0 Å². The van der Waals surface area contributed by atoms with E-state index in [1.54, 1.807) is 50.6 Å². The van der Waals surface area contributed by atoms with Crippen LogP contribution in [-0.4, -0.2) is 46.6 Å². The van der Waals surface area contributed by atoms with Gasteiger partial charge in [0.15, 0.2) is 5.16 Å². The summed E-state index contributed by atoms with van der Waals surface area (Å²) < 4.78 is 12.2. The predicted octanol–water partition coefficient (Wildman–Crippen LogP) is 3.23. The number of rotatable bonds is 10. The minimum absolute atomic E-state index is 0.0531. The fourth-order valence-corrected chi connectivity index (χ4v) is 3.78. The van der Waals surface area contributed by atoms with E-state index in [2.05, 4.69) is 20.8 Å². The highest BCUT2D eigenvalue weighted by molar-refractivity contribution is 7.99. The van der Waals surface area contributed by atoms with Crippen molar-refractivity contribution in [3.05, 3.63) is 54.4 Å². The summed E-state index contributed by atoms with van der Waals surface area (Å²) in [6, 6.07) is 14.3. The zero-order valence-corrected chi connectivity index (χ0v) is 18.9. The quantitative estimate of drug-likeness (QED) is 0.452. The Balaban J connectivity index is 1.57. The number of amides is 2. The summed E-state index contributed by atoms with van der Waals surface area (Å²) in [7, 11) is 3.14. The smallest absolute Gasteiger partial charge is 0.234 e. The molecule has 0 saturated heterocycles. The Kier molecular flexibility index (Phi) is 8.09. The van der Waals surface area contributed by atoms with Crippen LogP contribution in [0.3, 0.4) is 0 Å². The van der Waals surface area contributed by atoms with Crippen molar-refractivity contribution in [2.75, 3.05) is 30.6 Å². The lowest BCUT2D eigenvalue weighted by molar-refractivity contribution is -0.116. The van der Waals surface area contributed by atoms with Gasteiger partial charge in [-0.25, -0.2) is 0 Å². The lowest BCUT2D eigenvalue weighted by atomic mass is 10.2. The van der Waals surface area contributed by atoms with E-state index in [-0.39, 0.29) is 24.0 Å². The third-order valence-corrected chi connectivity index (χ3v) is 5.48. The van der Waals surface area contributed by atoms with Gasteiger partial charge in [0.25, 0.3) is 0 Å². The predicted molar refractivity (Wildman–Crippen MR) is 123 cm³/mol. The molecule has 0 saturated carbocycles. The Bertz CT molecular complexity index is 1070. The summed E-state index contributed by atoms with van der Waals surface area (Å²) in [6.07, 6.45) is 0.0531. The van der Waals surface area contributed by atoms with Crippen LogP contribution in [-0.2, 0) is 22.6 Å². The summed E-state index contributed by atoms with van der Waals surface area (Å²) in [5.74, 6) is 1.59. The van der Waals surface area contributed by atoms with Crippen molar-refractivity contribution in [2.24, 2.45) is 0 Å². The molecule has 0 bridgehead atoms. The number of nitrogens with one attached hydrogen (secondary N) is 2. The Morgan fingerprint density at radius 3 is 2.41 bits per heavy atom. The second-order valence-corrected chi connectivity index (χ2v) is 7.58. The summed E-state index contributed by atoms with van der Waals surface area (Å²) in [5, 5.41) is 14.5. The Labute approximate surface area is 190 Å². The van der Waals surface area contributed by atoms with E-state index in [9.17, 15) is 9.59 Å². The van der Waals surface area contributed by atoms with Gasteiger partial charge in [0.05, 0.1) is 32.1 Å². The number of nitrogens with zero attached hydrogens (tertiary/aromatic N) is 3. The summed E-state index contributed by atoms with van der Waals surface area (Å²) >= 11 is 1.27. The molecule has 0 spiro atoms. The van der Waals surface area contributed by atoms with E-state index in [1.165, 1.54) is 11.8 Å². The average Bonchev–Trinajstić information content (AvgIpc) is 3.19. The van der Waals surface area contributed by atoms with E-state index >= 15 is 0 Å². The van der Waals surface area contributed by atoms with Crippen molar-refractivity contribution in [3.63, 3.8) is 0 Å². The van der Waals surface area contributed by atoms with Crippen molar-refractivity contribution < 1.29 is 19.1 Å². The van der Waals surface area contributed by atoms with E-state index in [0.29, 0.717) is 34.6 Å². The minimum atomic E-state index is -0.231. The van der Waals surface area contributed by atoms with Gasteiger partial charge in [-0.3, -0.25) is 9.59 Å². The van der Waals surface area contributed by atoms with E-state index < -0.39 is 0 Å². The monoisotopic (exact) mass is 455 g/mol. The molecule has 32 heavy (non-hydrogen) atoms. The van der Waals surface area contributed by atoms with Gasteiger partial charge in [0.2, 0.25) is 11.8 Å². The number of methoxy groups -OCH3 is 2. The first-order chi connectivity index (χ1) is 15.5. The maximum Gasteiger partial charge on any atom is 0.234 e. The third-order valence-electron chi connectivity index (χ3n) is 4.52. The van der Waals surface area contributed by atoms with E-state index in [4.69, 9.17) is 9.47 Å². The molecule has 10 heteroatoms. The minimum Gasteiger partial charge on any atom is -0.497 e. The van der Waals surface area contributed by atoms with Crippen LogP contribution in [0.2, 0.25) is 0 Å². The van der Waals surface area contributed by atoms with Gasteiger partial charge in [-0.1, -0.05) is 23.9 Å². The van der Waals surface area contributed by atoms with Gasteiger partial charge >= 0.3 is 0 Å². The van der Waals surface area contributed by atoms with Gasteiger partial charge in [-0.15, -0.1) is 10.2 Å². The first-order valence-corrected chi connectivity index (χ1v) is 10.9. The van der Waals surface area contributed by atoms with Gasteiger partial charge in [-0.05, 0) is 43.3 Å². The standard InChI is InChI=1S/C22H25N5O4S/c1-4-27-19(13-20(28)24-17-7-5-6-8-18(17)31-3)25-26-22(27)32-14-21(29)23-15-9-11-16(30-2)12-10-15/h5-12H,4,13-14H2,1-3H3,(H,23,29)(H,24,28). The number of anilines is 2. The number of carbonyl (C=O) groups is 2. The summed E-state index contributed by atoms with van der Waals surface area (Å²) in [5.41, 5.74) is 1.27. The normalized spacial score (nSPS) is 10.5. The van der Waals surface area contributed by atoms with Crippen LogP contribution >= 0.6 is 11.8 Å². The SMILES string of the molecule is CCn1c(CC(=O)Nc2ccccc2OC)nnc1SCC(=O)Nc1ccc(OC)cc1. The Morgan fingerprint density at radius 1 is 0.969 bits per heavy atom. The van der Waals surface area contributed by atoms with Crippen LogP contribution in [0.25, 0.3) is 0 Å². The molecule has 0 radical (unpaired) electrons. The molecular weight excluding hydrogens is 430 g/mol. The van der Waals surface area contributed by atoms with Crippen LogP contribution in [0.4, 0.5) is 11.4 Å². The molecule has 0 aliphatic heterocycles. The first kappa shape index (κ1) is 23.1. The van der Waals surface area contributed by atoms with Crippen LogP contribution in [0, 0.1) is 0 Å². The highest BCUT2D eigenvalue weighted by Gasteiger charge is 2.17. The van der Waals surface area contributed by atoms with Crippen molar-refractivity contribution in [1.82, 2.24) is 14.8 Å². The Morgan fingerprint density at radius 2 is 1.72 bits per heavy atom. The molecule has 2 N–H and O–H groups in total. The number of ether oxygens (including phenoxy) is 2. The molecule has 9 nitrogen and oxygen atoms in total. The molecular formula is C22H25N5O4S. The van der Waals surface area contributed by atoms with Gasteiger partial charge in [0.1, 0.15) is 17.3 Å². The molecule has 3 aromatic rings. The fraction of sp³-hybridized carbons (Fsp3) is 0.273. The lowest BCUT2D eigenvalue weighted by Crippen LogP contribution is -2.18. The van der Waals surface area contributed by atoms with Crippen LogP contribution in [0.5, 0.6) is 11.5 Å². The second-order valence-electron chi connectivity index (χ2n) is 6.63. The number of thioether (sulfide) groups is 1. The third kappa shape index (κ3) is 6.01. The molecule has 2 amide bonds. The molecule has 168 valence electrons. The molecule has 0 aliphatic rings. The van der Waals surface area contributed by atoms with Crippen molar-refractivity contribution in [2.45, 2.75) is 25.0 Å². The summed E-state index contributed by atoms with van der Waals surface area (Å²) in [4.78, 5) is 24.8. The molecule has 2 aromatic carbocycles. The number of para-hydroxylation sites is 2. The second kappa shape index (κ2) is 11.2. The van der Waals surface area contributed by atoms with Crippen LogP contribution in [0.1, 0.15) is 12.7 Å². The number of hydrogen-bond acceptors (Lipinski definition) is 7. The lowest BCUT2D eigenvalue weighted by Gasteiger charge is -2.10. The molecule has 0 aliphatic carbocycles. The van der Waals surface area contributed by atoms with Crippen LogP contribution in [0.15, 0.2) is 53.7 Å². The highest BCUT2D eigenvalue weighted by Crippen LogP contribution is 2.24. The number of hydrogen-bond donors (Lipinski definition) is 2. The Hall–Kier alpha value is -3.53. The molecule has 1 aromatic heterocycles. The average molecular weight is 456 g/mol. The molecule has 0 atom stereocenters. The van der Waals surface area contributed by atoms with Gasteiger partial charge in [-0.2, -0.15) is 0 Å². The molecule has 1 heterocycles. The first-order valence-electron chi connectivity index (χ1n) is 9.95. The molecule has 3 rings (SSSR count). The maximum absolute atomic E-state index is 12.5. The highest BCUT2D eigenvalue weighted by atomic mass is 32.2.